The standard InChI is InChI=1S/C25H25N5O/c1-16-9-10-18(22-26-12-6-13-27-22)19(15-16)23(31)30-14-5-11-25(30,3)24-28-20-8-4-7-17(2)21(20)29-24/h4,6-10,12-13,15H,5,11,14H2,1-3H3,(H,28,29). The third-order valence-corrected chi connectivity index (χ3v) is 6.33. The number of amides is 1. The van der Waals surface area contributed by atoms with Gasteiger partial charge in [-0.3, -0.25) is 4.79 Å². The summed E-state index contributed by atoms with van der Waals surface area (Å²) in [6, 6.07) is 13.8. The molecule has 1 N–H and O–H groups in total. The van der Waals surface area contributed by atoms with Crippen LogP contribution in [-0.2, 0) is 5.54 Å². The molecule has 1 aliphatic rings. The molecular weight excluding hydrogens is 386 g/mol. The minimum atomic E-state index is -0.499. The molecule has 1 fully saturated rings. The number of aromatic amines is 1. The van der Waals surface area contributed by atoms with E-state index in [-0.39, 0.29) is 5.91 Å². The first-order valence-corrected chi connectivity index (χ1v) is 10.6. The molecule has 0 saturated carbocycles. The van der Waals surface area contributed by atoms with E-state index < -0.39 is 5.54 Å². The second-order valence-electron chi connectivity index (χ2n) is 8.51. The number of rotatable bonds is 3. The van der Waals surface area contributed by atoms with E-state index in [1.54, 1.807) is 18.5 Å². The van der Waals surface area contributed by atoms with Gasteiger partial charge in [-0.25, -0.2) is 15.0 Å². The Kier molecular flexibility index (Phi) is 4.58. The van der Waals surface area contributed by atoms with E-state index in [0.717, 1.165) is 46.4 Å². The van der Waals surface area contributed by atoms with Crippen molar-refractivity contribution in [3.8, 4) is 11.4 Å². The first-order valence-electron chi connectivity index (χ1n) is 10.6. The highest BCUT2D eigenvalue weighted by Crippen LogP contribution is 2.40. The fourth-order valence-corrected chi connectivity index (χ4v) is 4.58. The minimum absolute atomic E-state index is 0.0108. The predicted molar refractivity (Wildman–Crippen MR) is 121 cm³/mol. The normalized spacial score (nSPS) is 18.6. The van der Waals surface area contributed by atoms with Gasteiger partial charge in [0.1, 0.15) is 5.82 Å². The Labute approximate surface area is 181 Å². The number of hydrogen-bond acceptors (Lipinski definition) is 4. The first-order chi connectivity index (χ1) is 15.0. The molecule has 0 spiro atoms. The maximum Gasteiger partial charge on any atom is 0.255 e. The number of nitrogens with zero attached hydrogens (tertiary/aromatic N) is 4. The molecule has 1 amide bonds. The number of fused-ring (bicyclic) bond motifs is 1. The number of nitrogens with one attached hydrogen (secondary N) is 1. The molecule has 0 radical (unpaired) electrons. The number of para-hydroxylation sites is 1. The summed E-state index contributed by atoms with van der Waals surface area (Å²) in [5, 5.41) is 0. The van der Waals surface area contributed by atoms with Crippen LogP contribution in [-0.4, -0.2) is 37.3 Å². The molecule has 6 heteroatoms. The van der Waals surface area contributed by atoms with Gasteiger partial charge >= 0.3 is 0 Å². The van der Waals surface area contributed by atoms with Crippen LogP contribution in [0.15, 0.2) is 54.9 Å². The second kappa shape index (κ2) is 7.30. The van der Waals surface area contributed by atoms with Crippen LogP contribution in [0.4, 0.5) is 0 Å². The van der Waals surface area contributed by atoms with Crippen LogP contribution >= 0.6 is 0 Å². The zero-order valence-electron chi connectivity index (χ0n) is 18.0. The van der Waals surface area contributed by atoms with E-state index in [1.165, 1.54) is 0 Å². The Hall–Kier alpha value is -3.54. The molecule has 2 aromatic heterocycles. The summed E-state index contributed by atoms with van der Waals surface area (Å²) in [6.45, 7) is 6.87. The lowest BCUT2D eigenvalue weighted by atomic mass is 9.95. The smallest absolute Gasteiger partial charge is 0.255 e. The molecule has 31 heavy (non-hydrogen) atoms. The number of benzene rings is 2. The van der Waals surface area contributed by atoms with Crippen LogP contribution in [0.25, 0.3) is 22.4 Å². The topological polar surface area (TPSA) is 74.8 Å². The number of hydrogen-bond donors (Lipinski definition) is 1. The molecule has 1 saturated heterocycles. The number of likely N-dealkylation sites (tertiary alicyclic amines) is 1. The molecule has 5 rings (SSSR count). The van der Waals surface area contributed by atoms with E-state index in [9.17, 15) is 4.79 Å². The van der Waals surface area contributed by atoms with Crippen molar-refractivity contribution >= 4 is 16.9 Å². The Bertz CT molecular complexity index is 1280. The van der Waals surface area contributed by atoms with Crippen molar-refractivity contribution < 1.29 is 4.79 Å². The number of imidazole rings is 1. The summed E-state index contributed by atoms with van der Waals surface area (Å²) in [5.74, 6) is 1.39. The van der Waals surface area contributed by atoms with Crippen LogP contribution in [0.5, 0.6) is 0 Å². The van der Waals surface area contributed by atoms with E-state index >= 15 is 0 Å². The summed E-state index contributed by atoms with van der Waals surface area (Å²) in [7, 11) is 0. The monoisotopic (exact) mass is 411 g/mol. The molecule has 4 aromatic rings. The van der Waals surface area contributed by atoms with Crippen molar-refractivity contribution in [2.24, 2.45) is 0 Å². The summed E-state index contributed by atoms with van der Waals surface area (Å²) >= 11 is 0. The van der Waals surface area contributed by atoms with Gasteiger partial charge in [-0.05, 0) is 57.4 Å². The van der Waals surface area contributed by atoms with Crippen LogP contribution in [0.3, 0.4) is 0 Å². The summed E-state index contributed by atoms with van der Waals surface area (Å²) in [5.41, 5.74) is 5.04. The Morgan fingerprint density at radius 2 is 1.90 bits per heavy atom. The summed E-state index contributed by atoms with van der Waals surface area (Å²) in [6.07, 6.45) is 5.20. The van der Waals surface area contributed by atoms with Gasteiger partial charge in [0.15, 0.2) is 5.82 Å². The molecule has 6 nitrogen and oxygen atoms in total. The number of carbonyl (C=O) groups excluding carboxylic acids is 1. The van der Waals surface area contributed by atoms with E-state index in [2.05, 4.69) is 34.9 Å². The number of H-pyrrole nitrogens is 1. The SMILES string of the molecule is Cc1ccc(-c2ncccn2)c(C(=O)N2CCCC2(C)c2nc3cccc(C)c3[nH]2)c1. The van der Waals surface area contributed by atoms with E-state index in [0.29, 0.717) is 17.9 Å². The van der Waals surface area contributed by atoms with E-state index in [1.807, 2.05) is 42.2 Å². The van der Waals surface area contributed by atoms with Gasteiger partial charge < -0.3 is 9.88 Å². The summed E-state index contributed by atoms with van der Waals surface area (Å²) < 4.78 is 0. The molecule has 0 aliphatic carbocycles. The molecule has 156 valence electrons. The second-order valence-corrected chi connectivity index (χ2v) is 8.51. The van der Waals surface area contributed by atoms with Crippen LogP contribution in [0, 0.1) is 13.8 Å². The minimum Gasteiger partial charge on any atom is -0.340 e. The van der Waals surface area contributed by atoms with Crippen molar-refractivity contribution in [3.63, 3.8) is 0 Å². The van der Waals surface area contributed by atoms with Gasteiger partial charge in [-0.15, -0.1) is 0 Å². The lowest BCUT2D eigenvalue weighted by Crippen LogP contribution is -2.43. The highest BCUT2D eigenvalue weighted by Gasteiger charge is 2.44. The molecule has 0 bridgehead atoms. The van der Waals surface area contributed by atoms with Crippen LogP contribution < -0.4 is 0 Å². The highest BCUT2D eigenvalue weighted by atomic mass is 16.2. The van der Waals surface area contributed by atoms with Gasteiger partial charge in [0.2, 0.25) is 0 Å². The third kappa shape index (κ3) is 3.19. The van der Waals surface area contributed by atoms with Gasteiger partial charge in [0, 0.05) is 24.5 Å². The third-order valence-electron chi connectivity index (χ3n) is 6.33. The lowest BCUT2D eigenvalue weighted by Gasteiger charge is -2.34. The number of carbonyl (C=O) groups is 1. The largest absolute Gasteiger partial charge is 0.340 e. The fourth-order valence-electron chi connectivity index (χ4n) is 4.58. The molecule has 1 aliphatic heterocycles. The molecule has 1 atom stereocenters. The van der Waals surface area contributed by atoms with Crippen molar-refractivity contribution in [3.05, 3.63) is 77.4 Å². The average molecular weight is 412 g/mol. The lowest BCUT2D eigenvalue weighted by molar-refractivity contribution is 0.0606. The van der Waals surface area contributed by atoms with Gasteiger partial charge in [0.05, 0.1) is 22.1 Å². The molecule has 1 unspecified atom stereocenters. The molecule has 2 aromatic carbocycles. The first kappa shape index (κ1) is 19.4. The van der Waals surface area contributed by atoms with Crippen molar-refractivity contribution in [1.29, 1.82) is 0 Å². The Morgan fingerprint density at radius 1 is 1.10 bits per heavy atom. The van der Waals surface area contributed by atoms with Gasteiger partial charge in [-0.1, -0.05) is 29.8 Å². The summed E-state index contributed by atoms with van der Waals surface area (Å²) in [4.78, 5) is 33.0. The zero-order valence-corrected chi connectivity index (χ0v) is 18.0. The predicted octanol–water partition coefficient (Wildman–Crippen LogP) is 4.79. The van der Waals surface area contributed by atoms with Crippen molar-refractivity contribution in [1.82, 2.24) is 24.8 Å². The fraction of sp³-hybridized carbons (Fsp3) is 0.280. The van der Waals surface area contributed by atoms with Gasteiger partial charge in [0.25, 0.3) is 5.91 Å². The Morgan fingerprint density at radius 3 is 2.68 bits per heavy atom. The van der Waals surface area contributed by atoms with Crippen LogP contribution in [0.2, 0.25) is 0 Å². The average Bonchev–Trinajstić information content (AvgIpc) is 3.39. The van der Waals surface area contributed by atoms with E-state index in [4.69, 9.17) is 4.98 Å². The van der Waals surface area contributed by atoms with Crippen molar-refractivity contribution in [2.45, 2.75) is 39.2 Å². The molecule has 3 heterocycles. The molecular formula is C25H25N5O. The quantitative estimate of drug-likeness (QED) is 0.526. The van der Waals surface area contributed by atoms with Crippen LogP contribution in [0.1, 0.15) is 47.1 Å². The van der Waals surface area contributed by atoms with Crippen molar-refractivity contribution in [2.75, 3.05) is 6.54 Å². The Balaban J connectivity index is 1.59. The van der Waals surface area contributed by atoms with Gasteiger partial charge in [-0.2, -0.15) is 0 Å². The number of aryl methyl sites for hydroxylation is 2. The number of aromatic nitrogens is 4. The maximum atomic E-state index is 13.9. The maximum absolute atomic E-state index is 13.9. The zero-order chi connectivity index (χ0) is 21.6. The highest BCUT2D eigenvalue weighted by molar-refractivity contribution is 6.01.